The zero-order valence-electron chi connectivity index (χ0n) is 13.7. The summed E-state index contributed by atoms with van der Waals surface area (Å²) in [6, 6.07) is 3.05. The molecule has 2 heterocycles. The average Bonchev–Trinajstić information content (AvgIpc) is 2.87. The first-order chi connectivity index (χ1) is 11.8. The summed E-state index contributed by atoms with van der Waals surface area (Å²) in [5.41, 5.74) is 0.218. The van der Waals surface area contributed by atoms with Crippen LogP contribution in [0.5, 0.6) is 0 Å². The van der Waals surface area contributed by atoms with Gasteiger partial charge in [0, 0.05) is 13.2 Å². The highest BCUT2D eigenvalue weighted by Crippen LogP contribution is 2.46. The number of phosphoric ester groups is 1. The molecular formula is C14H21NO9P+. The zero-order chi connectivity index (χ0) is 18.6. The second-order valence-electron chi connectivity index (χ2n) is 5.31. The summed E-state index contributed by atoms with van der Waals surface area (Å²) in [6.45, 7) is 2.14. The number of aliphatic hydroxyl groups is 2. The number of rotatable bonds is 7. The van der Waals surface area contributed by atoms with Gasteiger partial charge in [0.1, 0.15) is 11.7 Å². The van der Waals surface area contributed by atoms with Gasteiger partial charge >= 0.3 is 13.8 Å². The molecule has 1 aliphatic rings. The van der Waals surface area contributed by atoms with Crippen LogP contribution in [-0.2, 0) is 23.1 Å². The van der Waals surface area contributed by atoms with Crippen molar-refractivity contribution in [1.82, 2.24) is 0 Å². The van der Waals surface area contributed by atoms with E-state index in [1.54, 1.807) is 0 Å². The number of carbonyl (C=O) groups excluding carboxylic acids is 1. The van der Waals surface area contributed by atoms with Crippen LogP contribution in [0.4, 0.5) is 0 Å². The number of hydrogen-bond donors (Lipinski definition) is 3. The normalized spacial score (nSPS) is 28.5. The standard InChI is InChI=1S/C14H20NO9P/c1-3-7-22-13(18)9-5-4-6-15(8-9)12-10(16)11(17)14(23-12)24-25(19,20)21-2/h4-6,8,10-12,14,16-17H,3,7H2,1-2H3/p+1/t10-,11+,12+,14+/m0/s1. The Bertz CT molecular complexity index is 655. The first-order valence-electron chi connectivity index (χ1n) is 7.55. The van der Waals surface area contributed by atoms with Crippen LogP contribution in [-0.4, -0.2) is 53.3 Å². The lowest BCUT2D eigenvalue weighted by Gasteiger charge is -2.16. The van der Waals surface area contributed by atoms with Crippen LogP contribution in [0, 0.1) is 0 Å². The average molecular weight is 378 g/mol. The molecule has 0 amide bonds. The van der Waals surface area contributed by atoms with Crippen LogP contribution in [0.1, 0.15) is 29.9 Å². The van der Waals surface area contributed by atoms with Gasteiger partial charge in [0.25, 0.3) is 6.23 Å². The van der Waals surface area contributed by atoms with E-state index in [0.29, 0.717) is 6.42 Å². The maximum absolute atomic E-state index is 11.9. The number of pyridine rings is 1. The third kappa shape index (κ3) is 4.83. The minimum atomic E-state index is -4.42. The van der Waals surface area contributed by atoms with Gasteiger partial charge in [0.15, 0.2) is 18.5 Å². The summed E-state index contributed by atoms with van der Waals surface area (Å²) in [4.78, 5) is 21.2. The van der Waals surface area contributed by atoms with Crippen LogP contribution < -0.4 is 4.57 Å². The summed E-state index contributed by atoms with van der Waals surface area (Å²) in [5.74, 6) is -0.545. The van der Waals surface area contributed by atoms with Gasteiger partial charge in [-0.1, -0.05) is 6.92 Å². The number of ether oxygens (including phenoxy) is 2. The maximum Gasteiger partial charge on any atom is 0.474 e. The van der Waals surface area contributed by atoms with Crippen molar-refractivity contribution in [3.63, 3.8) is 0 Å². The number of hydrogen-bond acceptors (Lipinski definition) is 8. The smallest absolute Gasteiger partial charge is 0.462 e. The summed E-state index contributed by atoms with van der Waals surface area (Å²) in [5, 5.41) is 20.1. The molecule has 3 N–H and O–H groups in total. The fourth-order valence-electron chi connectivity index (χ4n) is 2.19. The van der Waals surface area contributed by atoms with Crippen molar-refractivity contribution in [2.75, 3.05) is 13.7 Å². The fourth-order valence-corrected chi connectivity index (χ4v) is 2.71. The molecule has 1 aliphatic heterocycles. The van der Waals surface area contributed by atoms with Gasteiger partial charge in [0.2, 0.25) is 6.29 Å². The second-order valence-corrected chi connectivity index (χ2v) is 6.82. The molecule has 11 heteroatoms. The predicted molar refractivity (Wildman–Crippen MR) is 81.1 cm³/mol. The van der Waals surface area contributed by atoms with E-state index in [9.17, 15) is 24.5 Å². The molecule has 0 aliphatic carbocycles. The Morgan fingerprint density at radius 1 is 1.40 bits per heavy atom. The Balaban J connectivity index is 2.16. The molecule has 140 valence electrons. The molecule has 0 saturated carbocycles. The maximum atomic E-state index is 11.9. The van der Waals surface area contributed by atoms with E-state index < -0.39 is 38.5 Å². The Hall–Kier alpha value is -1.39. The third-order valence-electron chi connectivity index (χ3n) is 3.45. The Kier molecular flexibility index (Phi) is 6.64. The molecule has 5 atom stereocenters. The van der Waals surface area contributed by atoms with Crippen molar-refractivity contribution >= 4 is 13.8 Å². The number of esters is 1. The first-order valence-corrected chi connectivity index (χ1v) is 9.05. The van der Waals surface area contributed by atoms with Crippen molar-refractivity contribution in [1.29, 1.82) is 0 Å². The minimum Gasteiger partial charge on any atom is -0.462 e. The van der Waals surface area contributed by atoms with Crippen LogP contribution in [0.2, 0.25) is 0 Å². The molecule has 0 aromatic carbocycles. The van der Waals surface area contributed by atoms with Gasteiger partial charge in [-0.25, -0.2) is 9.36 Å². The number of phosphoric acid groups is 1. The van der Waals surface area contributed by atoms with Crippen LogP contribution in [0.25, 0.3) is 0 Å². The Labute approximate surface area is 144 Å². The molecule has 0 bridgehead atoms. The molecular weight excluding hydrogens is 357 g/mol. The molecule has 1 saturated heterocycles. The summed E-state index contributed by atoms with van der Waals surface area (Å²) in [7, 11) is -3.47. The minimum absolute atomic E-state index is 0.218. The molecule has 2 rings (SSSR count). The Morgan fingerprint density at radius 3 is 2.76 bits per heavy atom. The molecule has 1 fully saturated rings. The van der Waals surface area contributed by atoms with Crippen LogP contribution in [0.15, 0.2) is 24.5 Å². The van der Waals surface area contributed by atoms with Gasteiger partial charge in [0.05, 0.1) is 6.61 Å². The van der Waals surface area contributed by atoms with E-state index in [2.05, 4.69) is 9.05 Å². The SMILES string of the molecule is CCCOC(=O)c1ccc[n+]([C@@H]2O[C@H](OP(=O)(O)OC)[C@H](O)[C@@H]2O)c1. The number of aromatic nitrogens is 1. The highest BCUT2D eigenvalue weighted by Gasteiger charge is 2.51. The van der Waals surface area contributed by atoms with Crippen molar-refractivity contribution in [3.8, 4) is 0 Å². The van der Waals surface area contributed by atoms with Crippen molar-refractivity contribution < 1.29 is 47.6 Å². The molecule has 10 nitrogen and oxygen atoms in total. The first kappa shape index (κ1) is 19.9. The molecule has 0 spiro atoms. The summed E-state index contributed by atoms with van der Waals surface area (Å²) >= 11 is 0. The second kappa shape index (κ2) is 8.33. The Morgan fingerprint density at radius 2 is 2.12 bits per heavy atom. The van der Waals surface area contributed by atoms with E-state index in [1.807, 2.05) is 6.92 Å². The lowest BCUT2D eigenvalue weighted by atomic mass is 10.2. The van der Waals surface area contributed by atoms with E-state index in [1.165, 1.54) is 29.1 Å². The van der Waals surface area contributed by atoms with Gasteiger partial charge in [-0.2, -0.15) is 4.57 Å². The predicted octanol–water partition coefficient (Wildman–Crippen LogP) is -0.119. The van der Waals surface area contributed by atoms with Gasteiger partial charge in [-0.05, 0) is 12.5 Å². The van der Waals surface area contributed by atoms with E-state index in [-0.39, 0.29) is 12.2 Å². The third-order valence-corrected chi connectivity index (χ3v) is 4.39. The largest absolute Gasteiger partial charge is 0.474 e. The highest BCUT2D eigenvalue weighted by atomic mass is 31.2. The summed E-state index contributed by atoms with van der Waals surface area (Å²) in [6.07, 6.45) is -2.24. The van der Waals surface area contributed by atoms with Crippen LogP contribution >= 0.6 is 7.82 Å². The molecule has 1 aromatic heterocycles. The van der Waals surface area contributed by atoms with Gasteiger partial charge in [-0.15, -0.1) is 0 Å². The molecule has 25 heavy (non-hydrogen) atoms. The van der Waals surface area contributed by atoms with Crippen molar-refractivity contribution in [2.45, 2.75) is 38.1 Å². The number of aliphatic hydroxyl groups excluding tert-OH is 2. The van der Waals surface area contributed by atoms with E-state index in [4.69, 9.17) is 9.47 Å². The van der Waals surface area contributed by atoms with Crippen molar-refractivity contribution in [3.05, 3.63) is 30.1 Å². The topological polar surface area (TPSA) is 136 Å². The molecule has 1 unspecified atom stereocenters. The lowest BCUT2D eigenvalue weighted by molar-refractivity contribution is -0.767. The molecule has 1 aromatic rings. The number of carbonyl (C=O) groups is 1. The van der Waals surface area contributed by atoms with E-state index >= 15 is 0 Å². The molecule has 0 radical (unpaired) electrons. The fraction of sp³-hybridized carbons (Fsp3) is 0.571. The van der Waals surface area contributed by atoms with Crippen molar-refractivity contribution in [2.24, 2.45) is 0 Å². The lowest BCUT2D eigenvalue weighted by Crippen LogP contribution is -2.46. The van der Waals surface area contributed by atoms with Gasteiger partial charge < -0.3 is 19.8 Å². The number of nitrogens with zero attached hydrogens (tertiary/aromatic N) is 1. The monoisotopic (exact) mass is 378 g/mol. The zero-order valence-corrected chi connectivity index (χ0v) is 14.6. The van der Waals surface area contributed by atoms with Gasteiger partial charge in [-0.3, -0.25) is 13.8 Å². The summed E-state index contributed by atoms with van der Waals surface area (Å²) < 4.78 is 32.0. The highest BCUT2D eigenvalue weighted by molar-refractivity contribution is 7.47. The quantitative estimate of drug-likeness (QED) is 0.337. The van der Waals surface area contributed by atoms with E-state index in [0.717, 1.165) is 7.11 Å². The van der Waals surface area contributed by atoms with Crippen LogP contribution in [0.3, 0.4) is 0 Å².